The van der Waals surface area contributed by atoms with Crippen LogP contribution in [0.2, 0.25) is 0 Å². The Labute approximate surface area is 80.5 Å². The molecule has 2 heteroatoms. The molecule has 1 saturated carbocycles. The van der Waals surface area contributed by atoms with E-state index < -0.39 is 0 Å². The molecule has 2 nitrogen and oxygen atoms in total. The first-order valence-electron chi connectivity index (χ1n) is 5.53. The summed E-state index contributed by atoms with van der Waals surface area (Å²) in [6.07, 6.45) is 8.30. The minimum Gasteiger partial charge on any atom is -0.287 e. The second kappa shape index (κ2) is 4.11. The number of rotatable bonds is 2. The Bertz CT molecular complexity index is 201. The Morgan fingerprint density at radius 1 is 1.15 bits per heavy atom. The van der Waals surface area contributed by atoms with E-state index in [9.17, 15) is 0 Å². The lowest BCUT2D eigenvalue weighted by Crippen LogP contribution is -2.34. The molecule has 0 radical (unpaired) electrons. The maximum absolute atomic E-state index is 8.70. The minimum atomic E-state index is 0.654. The molecule has 0 aromatic rings. The molecule has 1 unspecified atom stereocenters. The molecule has 13 heavy (non-hydrogen) atoms. The van der Waals surface area contributed by atoms with Crippen LogP contribution in [0.15, 0.2) is 0 Å². The number of nitriles is 1. The summed E-state index contributed by atoms with van der Waals surface area (Å²) in [7, 11) is 0. The van der Waals surface area contributed by atoms with Crippen molar-refractivity contribution in [2.75, 3.05) is 13.1 Å². The van der Waals surface area contributed by atoms with Crippen molar-refractivity contribution in [2.45, 2.75) is 44.6 Å². The Kier molecular flexibility index (Phi) is 2.85. The Morgan fingerprint density at radius 2 is 1.92 bits per heavy atom. The van der Waals surface area contributed by atoms with Gasteiger partial charge in [0.05, 0.1) is 12.6 Å². The molecule has 1 aliphatic heterocycles. The number of hydrogen-bond acceptors (Lipinski definition) is 2. The maximum Gasteiger partial charge on any atom is 0.0868 e. The molecule has 0 bridgehead atoms. The predicted molar refractivity (Wildman–Crippen MR) is 52.2 cm³/mol. The maximum atomic E-state index is 8.70. The molecule has 1 heterocycles. The molecule has 0 spiro atoms. The smallest absolute Gasteiger partial charge is 0.0868 e. The predicted octanol–water partition coefficient (Wildman–Crippen LogP) is 2.16. The van der Waals surface area contributed by atoms with Crippen molar-refractivity contribution >= 4 is 0 Å². The fourth-order valence-electron chi connectivity index (χ4n) is 3.02. The molecule has 0 N–H and O–H groups in total. The van der Waals surface area contributed by atoms with Crippen LogP contribution in [0, 0.1) is 17.2 Å². The number of likely N-dealkylation sites (tertiary alicyclic amines) is 1. The third-order valence-electron chi connectivity index (χ3n) is 3.63. The van der Waals surface area contributed by atoms with E-state index in [2.05, 4.69) is 11.0 Å². The molecule has 2 aliphatic rings. The molecule has 1 saturated heterocycles. The first-order chi connectivity index (χ1) is 6.42. The van der Waals surface area contributed by atoms with Gasteiger partial charge in [0.2, 0.25) is 0 Å². The van der Waals surface area contributed by atoms with Crippen LogP contribution >= 0.6 is 0 Å². The van der Waals surface area contributed by atoms with Crippen LogP contribution in [0.4, 0.5) is 0 Å². The van der Waals surface area contributed by atoms with E-state index in [4.69, 9.17) is 5.26 Å². The summed E-state index contributed by atoms with van der Waals surface area (Å²) >= 11 is 0. The van der Waals surface area contributed by atoms with Crippen LogP contribution in [-0.4, -0.2) is 24.0 Å². The van der Waals surface area contributed by atoms with E-state index in [0.29, 0.717) is 6.54 Å². The normalized spacial score (nSPS) is 30.8. The van der Waals surface area contributed by atoms with E-state index in [1.807, 2.05) is 0 Å². The fourth-order valence-corrected chi connectivity index (χ4v) is 3.02. The monoisotopic (exact) mass is 178 g/mol. The van der Waals surface area contributed by atoms with Gasteiger partial charge in [-0.3, -0.25) is 4.90 Å². The molecule has 1 atom stereocenters. The van der Waals surface area contributed by atoms with Gasteiger partial charge >= 0.3 is 0 Å². The molecule has 1 aliphatic carbocycles. The van der Waals surface area contributed by atoms with Crippen molar-refractivity contribution in [3.63, 3.8) is 0 Å². The lowest BCUT2D eigenvalue weighted by atomic mass is 9.96. The van der Waals surface area contributed by atoms with Gasteiger partial charge in [0.1, 0.15) is 0 Å². The third-order valence-corrected chi connectivity index (χ3v) is 3.63. The van der Waals surface area contributed by atoms with E-state index in [0.717, 1.165) is 18.5 Å². The zero-order valence-electron chi connectivity index (χ0n) is 8.21. The van der Waals surface area contributed by atoms with Crippen LogP contribution in [0.1, 0.15) is 38.5 Å². The second-order valence-corrected chi connectivity index (χ2v) is 4.38. The topological polar surface area (TPSA) is 27.0 Å². The van der Waals surface area contributed by atoms with Gasteiger partial charge in [0.15, 0.2) is 0 Å². The van der Waals surface area contributed by atoms with Crippen molar-refractivity contribution in [1.29, 1.82) is 5.26 Å². The molecule has 0 amide bonds. The summed E-state index contributed by atoms with van der Waals surface area (Å²) < 4.78 is 0. The number of hydrogen-bond donors (Lipinski definition) is 0. The highest BCUT2D eigenvalue weighted by Crippen LogP contribution is 2.34. The van der Waals surface area contributed by atoms with Crippen LogP contribution in [-0.2, 0) is 0 Å². The zero-order chi connectivity index (χ0) is 9.10. The summed E-state index contributed by atoms with van der Waals surface area (Å²) in [6, 6.07) is 3.04. The average Bonchev–Trinajstić information content (AvgIpc) is 2.71. The lowest BCUT2D eigenvalue weighted by molar-refractivity contribution is 0.211. The fraction of sp³-hybridized carbons (Fsp3) is 0.909. The quantitative estimate of drug-likeness (QED) is 0.606. The van der Waals surface area contributed by atoms with Gasteiger partial charge in [-0.25, -0.2) is 0 Å². The molecule has 2 rings (SSSR count). The molecule has 0 aromatic heterocycles. The van der Waals surface area contributed by atoms with Gasteiger partial charge in [-0.2, -0.15) is 5.26 Å². The van der Waals surface area contributed by atoms with Crippen molar-refractivity contribution < 1.29 is 0 Å². The summed E-state index contributed by atoms with van der Waals surface area (Å²) in [4.78, 5) is 2.40. The van der Waals surface area contributed by atoms with Crippen LogP contribution < -0.4 is 0 Å². The standard InChI is InChI=1S/C11H18N2/c12-7-9-13-8-3-6-11(13)10-4-1-2-5-10/h10-11H,1-6,8-9H2. The second-order valence-electron chi connectivity index (χ2n) is 4.38. The van der Waals surface area contributed by atoms with Crippen molar-refractivity contribution in [1.82, 2.24) is 4.90 Å². The van der Waals surface area contributed by atoms with E-state index in [1.54, 1.807) is 0 Å². The van der Waals surface area contributed by atoms with Crippen LogP contribution in [0.5, 0.6) is 0 Å². The molecular formula is C11H18N2. The van der Waals surface area contributed by atoms with Crippen molar-refractivity contribution in [3.05, 3.63) is 0 Å². The van der Waals surface area contributed by atoms with Gasteiger partial charge in [-0.15, -0.1) is 0 Å². The highest BCUT2D eigenvalue weighted by atomic mass is 15.2. The highest BCUT2D eigenvalue weighted by Gasteiger charge is 2.32. The molecule has 0 aromatic carbocycles. The van der Waals surface area contributed by atoms with Crippen molar-refractivity contribution in [3.8, 4) is 6.07 Å². The number of nitrogens with zero attached hydrogens (tertiary/aromatic N) is 2. The minimum absolute atomic E-state index is 0.654. The van der Waals surface area contributed by atoms with Gasteiger partial charge in [0, 0.05) is 6.04 Å². The van der Waals surface area contributed by atoms with Gasteiger partial charge in [-0.05, 0) is 38.1 Å². The van der Waals surface area contributed by atoms with E-state index in [1.165, 1.54) is 38.5 Å². The SMILES string of the molecule is N#CCN1CCCC1C1CCCC1. The molecule has 2 fully saturated rings. The Hall–Kier alpha value is -0.550. The van der Waals surface area contributed by atoms with Crippen LogP contribution in [0.3, 0.4) is 0 Å². The summed E-state index contributed by atoms with van der Waals surface area (Å²) in [5.74, 6) is 0.913. The zero-order valence-corrected chi connectivity index (χ0v) is 8.21. The van der Waals surface area contributed by atoms with Gasteiger partial charge < -0.3 is 0 Å². The lowest BCUT2D eigenvalue weighted by Gasteiger charge is -2.26. The molecule has 72 valence electrons. The first kappa shape index (κ1) is 9.02. The largest absolute Gasteiger partial charge is 0.287 e. The molecular weight excluding hydrogens is 160 g/mol. The van der Waals surface area contributed by atoms with E-state index >= 15 is 0 Å². The Balaban J connectivity index is 1.93. The van der Waals surface area contributed by atoms with Crippen molar-refractivity contribution in [2.24, 2.45) is 5.92 Å². The third kappa shape index (κ3) is 1.86. The average molecular weight is 178 g/mol. The Morgan fingerprint density at radius 3 is 2.62 bits per heavy atom. The summed E-state index contributed by atoms with van der Waals surface area (Å²) in [6.45, 7) is 1.82. The highest BCUT2D eigenvalue weighted by molar-refractivity contribution is 4.91. The summed E-state index contributed by atoms with van der Waals surface area (Å²) in [5, 5.41) is 8.70. The van der Waals surface area contributed by atoms with Gasteiger partial charge in [0.25, 0.3) is 0 Å². The summed E-state index contributed by atoms with van der Waals surface area (Å²) in [5.41, 5.74) is 0. The first-order valence-corrected chi connectivity index (χ1v) is 5.53. The van der Waals surface area contributed by atoms with E-state index in [-0.39, 0.29) is 0 Å². The van der Waals surface area contributed by atoms with Crippen LogP contribution in [0.25, 0.3) is 0 Å². The van der Waals surface area contributed by atoms with Gasteiger partial charge in [-0.1, -0.05) is 12.8 Å².